The van der Waals surface area contributed by atoms with Crippen molar-refractivity contribution in [2.24, 2.45) is 0 Å². The molecule has 1 aliphatic rings. The van der Waals surface area contributed by atoms with E-state index in [9.17, 15) is 4.79 Å². The van der Waals surface area contributed by atoms with Gasteiger partial charge in [0.15, 0.2) is 5.69 Å². The van der Waals surface area contributed by atoms with Gasteiger partial charge in [-0.15, -0.1) is 0 Å². The number of piperidine rings is 1. The second-order valence-electron chi connectivity index (χ2n) is 8.66. The SMILES string of the molecule is C[C@@H]1CCC[C@H](C)N1CCCCCn1c(=O)c(-c2cncc(N)n2)nc2ccccc21. The Morgan fingerprint density at radius 3 is 2.52 bits per heavy atom. The third kappa shape index (κ3) is 4.77. The maximum Gasteiger partial charge on any atom is 0.279 e. The maximum atomic E-state index is 13.3. The van der Waals surface area contributed by atoms with Crippen molar-refractivity contribution in [1.29, 1.82) is 0 Å². The number of hydrogen-bond donors (Lipinski definition) is 1. The van der Waals surface area contributed by atoms with Crippen LogP contribution in [-0.4, -0.2) is 43.0 Å². The zero-order valence-corrected chi connectivity index (χ0v) is 18.5. The van der Waals surface area contributed by atoms with E-state index in [4.69, 9.17) is 5.73 Å². The number of para-hydroxylation sites is 2. The van der Waals surface area contributed by atoms with E-state index < -0.39 is 0 Å². The van der Waals surface area contributed by atoms with Crippen LogP contribution in [0, 0.1) is 0 Å². The van der Waals surface area contributed by atoms with E-state index in [-0.39, 0.29) is 11.4 Å². The Morgan fingerprint density at radius 2 is 1.74 bits per heavy atom. The largest absolute Gasteiger partial charge is 0.382 e. The second kappa shape index (κ2) is 9.56. The molecule has 1 aliphatic heterocycles. The predicted octanol–water partition coefficient (Wildman–Crippen LogP) is 3.87. The van der Waals surface area contributed by atoms with Gasteiger partial charge in [0.1, 0.15) is 11.5 Å². The highest BCUT2D eigenvalue weighted by molar-refractivity contribution is 5.77. The number of hydrogen-bond acceptors (Lipinski definition) is 6. The second-order valence-corrected chi connectivity index (χ2v) is 8.66. The van der Waals surface area contributed by atoms with Gasteiger partial charge in [-0.2, -0.15) is 0 Å². The number of nitrogen functional groups attached to an aromatic ring is 1. The van der Waals surface area contributed by atoms with Crippen LogP contribution in [0.25, 0.3) is 22.4 Å². The molecule has 7 nitrogen and oxygen atoms in total. The molecule has 4 rings (SSSR count). The zero-order valence-electron chi connectivity index (χ0n) is 18.5. The first-order valence-electron chi connectivity index (χ1n) is 11.4. The molecule has 2 N–H and O–H groups in total. The number of aryl methyl sites for hydroxylation is 1. The Labute approximate surface area is 183 Å². The van der Waals surface area contributed by atoms with Crippen LogP contribution in [0.1, 0.15) is 52.4 Å². The fourth-order valence-corrected chi connectivity index (χ4v) is 4.73. The molecule has 0 amide bonds. The normalized spacial score (nSPS) is 19.7. The third-order valence-corrected chi connectivity index (χ3v) is 6.42. The van der Waals surface area contributed by atoms with Crippen molar-refractivity contribution in [3.8, 4) is 11.4 Å². The first-order valence-corrected chi connectivity index (χ1v) is 11.4. The summed E-state index contributed by atoms with van der Waals surface area (Å²) < 4.78 is 1.83. The average Bonchev–Trinajstić information content (AvgIpc) is 2.76. The van der Waals surface area contributed by atoms with Gasteiger partial charge in [0.25, 0.3) is 5.56 Å². The summed E-state index contributed by atoms with van der Waals surface area (Å²) in [5.41, 5.74) is 7.98. The molecule has 2 aromatic heterocycles. The van der Waals surface area contributed by atoms with Gasteiger partial charge in [-0.3, -0.25) is 14.7 Å². The first-order chi connectivity index (χ1) is 15.0. The number of unbranched alkanes of at least 4 members (excludes halogenated alkanes) is 2. The molecule has 0 bridgehead atoms. The Kier molecular flexibility index (Phi) is 6.61. The van der Waals surface area contributed by atoms with Crippen LogP contribution in [0.15, 0.2) is 41.5 Å². The van der Waals surface area contributed by atoms with Crippen molar-refractivity contribution in [2.45, 2.75) is 71.0 Å². The molecule has 1 saturated heterocycles. The molecular weight excluding hydrogens is 388 g/mol. The predicted molar refractivity (Wildman–Crippen MR) is 125 cm³/mol. The van der Waals surface area contributed by atoms with Gasteiger partial charge >= 0.3 is 0 Å². The number of nitrogens with two attached hydrogens (primary N) is 1. The van der Waals surface area contributed by atoms with Crippen LogP contribution >= 0.6 is 0 Å². The minimum absolute atomic E-state index is 0.142. The third-order valence-electron chi connectivity index (χ3n) is 6.42. The van der Waals surface area contributed by atoms with Crippen LogP contribution in [-0.2, 0) is 6.54 Å². The molecular formula is C24H32N6O. The number of aromatic nitrogens is 4. The topological polar surface area (TPSA) is 89.9 Å². The van der Waals surface area contributed by atoms with Gasteiger partial charge in [0.2, 0.25) is 0 Å². The number of fused-ring (bicyclic) bond motifs is 1. The van der Waals surface area contributed by atoms with Crippen LogP contribution in [0.2, 0.25) is 0 Å². The van der Waals surface area contributed by atoms with Crippen LogP contribution < -0.4 is 11.3 Å². The number of nitrogens with zero attached hydrogens (tertiary/aromatic N) is 5. The van der Waals surface area contributed by atoms with Gasteiger partial charge < -0.3 is 10.3 Å². The number of likely N-dealkylation sites (tertiary alicyclic amines) is 1. The number of anilines is 1. The molecule has 7 heteroatoms. The van der Waals surface area contributed by atoms with Crippen molar-refractivity contribution in [3.05, 3.63) is 47.0 Å². The number of rotatable bonds is 7. The molecule has 0 saturated carbocycles. The lowest BCUT2D eigenvalue weighted by atomic mass is 9.97. The van der Waals surface area contributed by atoms with Crippen molar-refractivity contribution >= 4 is 16.9 Å². The van der Waals surface area contributed by atoms with Gasteiger partial charge in [-0.25, -0.2) is 9.97 Å². The lowest BCUT2D eigenvalue weighted by Gasteiger charge is -2.39. The average molecular weight is 421 g/mol. The molecule has 164 valence electrons. The van der Waals surface area contributed by atoms with E-state index in [1.165, 1.54) is 25.5 Å². The molecule has 31 heavy (non-hydrogen) atoms. The number of benzene rings is 1. The Balaban J connectivity index is 1.49. The quantitative estimate of drug-likeness (QED) is 0.584. The Morgan fingerprint density at radius 1 is 1.00 bits per heavy atom. The molecule has 0 spiro atoms. The summed E-state index contributed by atoms with van der Waals surface area (Å²) in [7, 11) is 0. The van der Waals surface area contributed by atoms with Gasteiger partial charge in [-0.1, -0.05) is 25.0 Å². The minimum atomic E-state index is -0.142. The van der Waals surface area contributed by atoms with Gasteiger partial charge in [-0.05, 0) is 58.2 Å². The van der Waals surface area contributed by atoms with E-state index in [1.807, 2.05) is 28.8 Å². The minimum Gasteiger partial charge on any atom is -0.382 e. The summed E-state index contributed by atoms with van der Waals surface area (Å²) in [6.07, 6.45) is 10.2. The van der Waals surface area contributed by atoms with E-state index in [0.717, 1.165) is 36.8 Å². The van der Waals surface area contributed by atoms with Crippen LogP contribution in [0.3, 0.4) is 0 Å². The fourth-order valence-electron chi connectivity index (χ4n) is 4.73. The highest BCUT2D eigenvalue weighted by Crippen LogP contribution is 2.23. The summed E-state index contributed by atoms with van der Waals surface area (Å²) in [6, 6.07) is 9.11. The molecule has 0 radical (unpaired) electrons. The van der Waals surface area contributed by atoms with E-state index in [0.29, 0.717) is 30.0 Å². The lowest BCUT2D eigenvalue weighted by Crippen LogP contribution is -2.44. The summed E-state index contributed by atoms with van der Waals surface area (Å²) in [6.45, 7) is 6.49. The summed E-state index contributed by atoms with van der Waals surface area (Å²) in [5, 5.41) is 0. The summed E-state index contributed by atoms with van der Waals surface area (Å²) in [4.78, 5) is 28.8. The first kappa shape index (κ1) is 21.4. The molecule has 1 aromatic carbocycles. The smallest absolute Gasteiger partial charge is 0.279 e. The van der Waals surface area contributed by atoms with E-state index in [1.54, 1.807) is 6.20 Å². The molecule has 0 aliphatic carbocycles. The van der Waals surface area contributed by atoms with Gasteiger partial charge in [0, 0.05) is 18.6 Å². The Hall–Kier alpha value is -2.80. The lowest BCUT2D eigenvalue weighted by molar-refractivity contribution is 0.101. The molecule has 1 fully saturated rings. The fraction of sp³-hybridized carbons (Fsp3) is 0.500. The highest BCUT2D eigenvalue weighted by Gasteiger charge is 2.23. The highest BCUT2D eigenvalue weighted by atomic mass is 16.1. The van der Waals surface area contributed by atoms with E-state index in [2.05, 4.69) is 33.7 Å². The van der Waals surface area contributed by atoms with E-state index >= 15 is 0 Å². The molecule has 0 unspecified atom stereocenters. The van der Waals surface area contributed by atoms with Crippen molar-refractivity contribution in [3.63, 3.8) is 0 Å². The Bertz CT molecular complexity index is 1080. The summed E-state index contributed by atoms with van der Waals surface area (Å²) >= 11 is 0. The van der Waals surface area contributed by atoms with Crippen LogP contribution in [0.5, 0.6) is 0 Å². The maximum absolute atomic E-state index is 13.3. The van der Waals surface area contributed by atoms with Crippen molar-refractivity contribution in [1.82, 2.24) is 24.4 Å². The molecule has 3 aromatic rings. The van der Waals surface area contributed by atoms with Crippen LogP contribution in [0.4, 0.5) is 5.82 Å². The molecule has 3 heterocycles. The standard InChI is InChI=1S/C24H32N6O/c1-17-9-8-10-18(2)29(17)13-6-3-7-14-30-21-12-5-4-11-19(21)28-23(24(30)31)20-15-26-16-22(25)27-20/h4-5,11-12,15-18H,3,6-10,13-14H2,1-2H3,(H2,25,27)/t17-,18+. The van der Waals surface area contributed by atoms with Gasteiger partial charge in [0.05, 0.1) is 23.4 Å². The van der Waals surface area contributed by atoms with Crippen molar-refractivity contribution in [2.75, 3.05) is 12.3 Å². The zero-order chi connectivity index (χ0) is 21.8. The van der Waals surface area contributed by atoms with Crippen molar-refractivity contribution < 1.29 is 0 Å². The summed E-state index contributed by atoms with van der Waals surface area (Å²) in [5.74, 6) is 0.277. The monoisotopic (exact) mass is 420 g/mol. The molecule has 2 atom stereocenters.